The summed E-state index contributed by atoms with van der Waals surface area (Å²) in [4.78, 5) is 12.1. The van der Waals surface area contributed by atoms with Crippen LogP contribution in [0.25, 0.3) is 0 Å². The van der Waals surface area contributed by atoms with E-state index in [-0.39, 0.29) is 11.1 Å². The molecule has 0 aromatic carbocycles. The Labute approximate surface area is 170 Å². The van der Waals surface area contributed by atoms with Crippen LogP contribution in [-0.4, -0.2) is 21.4 Å². The Kier molecular flexibility index (Phi) is 9.97. The van der Waals surface area contributed by atoms with Crippen LogP contribution in [0.4, 0.5) is 5.69 Å². The maximum atomic E-state index is 12.1. The predicted octanol–water partition coefficient (Wildman–Crippen LogP) is 5.17. The lowest BCUT2D eigenvalue weighted by Gasteiger charge is -2.31. The molecule has 158 valence electrons. The number of rotatable bonds is 3. The molecule has 0 radical (unpaired) electrons. The standard InChI is InChI=1S/C14H21N5O.C6H12.C2H6/c1-14(2)5-4-10(11(15)6-14)12(16)13(20)18-9-7-17-19(3)8-9;1-2-4-6-5-3-1;1-2/h7-8,16H,4-6,15H2,1-3H3,(H,18,20);1-6H2;1-2H3. The molecule has 4 N–H and O–H groups in total. The van der Waals surface area contributed by atoms with Gasteiger partial charge in [0.05, 0.1) is 11.9 Å². The van der Waals surface area contributed by atoms with E-state index in [1.807, 2.05) is 13.8 Å². The molecule has 28 heavy (non-hydrogen) atoms. The molecular formula is C22H39N5O. The zero-order chi connectivity index (χ0) is 21.2. The minimum Gasteiger partial charge on any atom is -0.402 e. The van der Waals surface area contributed by atoms with Crippen molar-refractivity contribution in [2.24, 2.45) is 18.2 Å². The monoisotopic (exact) mass is 389 g/mol. The lowest BCUT2D eigenvalue weighted by Crippen LogP contribution is -2.30. The van der Waals surface area contributed by atoms with Crippen LogP contribution in [0, 0.1) is 10.8 Å². The molecule has 0 saturated heterocycles. The second-order valence-corrected chi connectivity index (χ2v) is 8.20. The van der Waals surface area contributed by atoms with Crippen LogP contribution in [-0.2, 0) is 11.8 Å². The summed E-state index contributed by atoms with van der Waals surface area (Å²) in [6, 6.07) is 0. The van der Waals surface area contributed by atoms with E-state index in [1.54, 1.807) is 24.1 Å². The van der Waals surface area contributed by atoms with E-state index in [0.29, 0.717) is 23.4 Å². The number of carbonyl (C=O) groups is 1. The number of nitrogens with two attached hydrogens (primary N) is 1. The Morgan fingerprint density at radius 2 is 1.71 bits per heavy atom. The summed E-state index contributed by atoms with van der Waals surface area (Å²) in [5.41, 5.74) is 8.05. The lowest BCUT2D eigenvalue weighted by molar-refractivity contribution is -0.110. The van der Waals surface area contributed by atoms with E-state index in [4.69, 9.17) is 11.1 Å². The van der Waals surface area contributed by atoms with Crippen LogP contribution >= 0.6 is 0 Å². The third-order valence-corrected chi connectivity index (χ3v) is 5.10. The maximum Gasteiger partial charge on any atom is 0.273 e. The van der Waals surface area contributed by atoms with E-state index in [2.05, 4.69) is 24.3 Å². The number of carbonyl (C=O) groups excluding carboxylic acids is 1. The van der Waals surface area contributed by atoms with E-state index in [1.165, 1.54) is 38.5 Å². The van der Waals surface area contributed by atoms with Crippen molar-refractivity contribution >= 4 is 17.3 Å². The summed E-state index contributed by atoms with van der Waals surface area (Å²) in [5.74, 6) is -0.435. The van der Waals surface area contributed by atoms with Gasteiger partial charge in [0.1, 0.15) is 5.71 Å². The highest BCUT2D eigenvalue weighted by Gasteiger charge is 2.29. The van der Waals surface area contributed by atoms with Gasteiger partial charge in [-0.3, -0.25) is 14.9 Å². The molecule has 3 rings (SSSR count). The molecule has 1 amide bonds. The summed E-state index contributed by atoms with van der Waals surface area (Å²) in [6.45, 7) is 8.30. The summed E-state index contributed by atoms with van der Waals surface area (Å²) < 4.78 is 1.59. The van der Waals surface area contributed by atoms with Gasteiger partial charge in [-0.1, -0.05) is 66.2 Å². The minimum atomic E-state index is -0.435. The van der Waals surface area contributed by atoms with Gasteiger partial charge in [-0.05, 0) is 24.7 Å². The van der Waals surface area contributed by atoms with Crippen LogP contribution in [0.2, 0.25) is 0 Å². The molecule has 6 nitrogen and oxygen atoms in total. The first kappa shape index (κ1) is 23.9. The maximum absolute atomic E-state index is 12.1. The Bertz CT molecular complexity index is 657. The van der Waals surface area contributed by atoms with Gasteiger partial charge >= 0.3 is 0 Å². The molecule has 0 bridgehead atoms. The lowest BCUT2D eigenvalue weighted by atomic mass is 9.75. The van der Waals surface area contributed by atoms with Crippen LogP contribution < -0.4 is 11.1 Å². The van der Waals surface area contributed by atoms with Crippen molar-refractivity contribution in [3.8, 4) is 0 Å². The number of nitrogens with one attached hydrogen (secondary N) is 2. The molecule has 1 heterocycles. The highest BCUT2D eigenvalue weighted by atomic mass is 16.1. The molecular weight excluding hydrogens is 350 g/mol. The quantitative estimate of drug-likeness (QED) is 0.622. The number of allylic oxidation sites excluding steroid dienone is 1. The number of anilines is 1. The summed E-state index contributed by atoms with van der Waals surface area (Å²) in [6.07, 6.45) is 14.6. The zero-order valence-corrected chi connectivity index (χ0v) is 18.4. The first-order chi connectivity index (χ1) is 13.3. The molecule has 6 heteroatoms. The molecule has 0 unspecified atom stereocenters. The second-order valence-electron chi connectivity index (χ2n) is 8.20. The molecule has 1 fully saturated rings. The molecule has 0 aliphatic heterocycles. The van der Waals surface area contributed by atoms with Crippen LogP contribution in [0.5, 0.6) is 0 Å². The Hall–Kier alpha value is -2.11. The van der Waals surface area contributed by atoms with Crippen LogP contribution in [0.1, 0.15) is 85.5 Å². The number of aryl methyl sites for hydroxylation is 1. The van der Waals surface area contributed by atoms with Crippen molar-refractivity contribution in [3.63, 3.8) is 0 Å². The Balaban J connectivity index is 0.000000411. The zero-order valence-electron chi connectivity index (χ0n) is 18.4. The average molecular weight is 390 g/mol. The first-order valence-corrected chi connectivity index (χ1v) is 10.6. The molecule has 1 aromatic rings. The molecule has 2 aliphatic rings. The molecule has 0 spiro atoms. The third-order valence-electron chi connectivity index (χ3n) is 5.10. The Morgan fingerprint density at radius 1 is 1.18 bits per heavy atom. The fourth-order valence-electron chi connectivity index (χ4n) is 3.50. The van der Waals surface area contributed by atoms with Crippen molar-refractivity contribution in [3.05, 3.63) is 23.7 Å². The number of aromatic nitrogens is 2. The molecule has 1 aromatic heterocycles. The topological polar surface area (TPSA) is 96.8 Å². The van der Waals surface area contributed by atoms with Crippen molar-refractivity contribution in [2.75, 3.05) is 5.32 Å². The number of hydrogen-bond acceptors (Lipinski definition) is 4. The second kappa shape index (κ2) is 11.7. The number of nitrogens with zero attached hydrogens (tertiary/aromatic N) is 2. The first-order valence-electron chi connectivity index (χ1n) is 10.6. The highest BCUT2D eigenvalue weighted by Crippen LogP contribution is 2.37. The van der Waals surface area contributed by atoms with Gasteiger partial charge < -0.3 is 11.1 Å². The minimum absolute atomic E-state index is 0.0400. The average Bonchev–Trinajstić information content (AvgIpc) is 3.09. The smallest absolute Gasteiger partial charge is 0.273 e. The third kappa shape index (κ3) is 7.87. The van der Waals surface area contributed by atoms with Gasteiger partial charge in [-0.2, -0.15) is 5.10 Å². The fourth-order valence-corrected chi connectivity index (χ4v) is 3.50. The van der Waals surface area contributed by atoms with Crippen molar-refractivity contribution in [2.45, 2.75) is 85.5 Å². The summed E-state index contributed by atoms with van der Waals surface area (Å²) in [7, 11) is 1.77. The highest BCUT2D eigenvalue weighted by molar-refractivity contribution is 6.47. The van der Waals surface area contributed by atoms with Gasteiger partial charge in [0.15, 0.2) is 0 Å². The van der Waals surface area contributed by atoms with Crippen molar-refractivity contribution < 1.29 is 4.79 Å². The van der Waals surface area contributed by atoms with E-state index in [0.717, 1.165) is 12.8 Å². The van der Waals surface area contributed by atoms with Gasteiger partial charge in [0.25, 0.3) is 5.91 Å². The molecule has 2 aliphatic carbocycles. The Morgan fingerprint density at radius 3 is 2.14 bits per heavy atom. The predicted molar refractivity (Wildman–Crippen MR) is 117 cm³/mol. The van der Waals surface area contributed by atoms with Gasteiger partial charge in [0, 0.05) is 24.5 Å². The van der Waals surface area contributed by atoms with E-state index in [9.17, 15) is 4.79 Å². The largest absolute Gasteiger partial charge is 0.402 e. The summed E-state index contributed by atoms with van der Waals surface area (Å²) in [5, 5.41) is 14.7. The van der Waals surface area contributed by atoms with Gasteiger partial charge in [-0.25, -0.2) is 0 Å². The van der Waals surface area contributed by atoms with Crippen LogP contribution in [0.15, 0.2) is 23.7 Å². The van der Waals surface area contributed by atoms with E-state index < -0.39 is 5.91 Å². The van der Waals surface area contributed by atoms with Gasteiger partial charge in [-0.15, -0.1) is 0 Å². The number of hydrogen-bond donors (Lipinski definition) is 3. The van der Waals surface area contributed by atoms with Crippen molar-refractivity contribution in [1.82, 2.24) is 9.78 Å². The normalized spacial score (nSPS) is 18.2. The summed E-state index contributed by atoms with van der Waals surface area (Å²) >= 11 is 0. The SMILES string of the molecule is C1CCCCC1.CC.Cn1cc(NC(=O)C(=N)C2=C(N)CC(C)(C)CC2)cn1. The van der Waals surface area contributed by atoms with Crippen LogP contribution in [0.3, 0.4) is 0 Å². The van der Waals surface area contributed by atoms with Crippen molar-refractivity contribution in [1.29, 1.82) is 5.41 Å². The molecule has 1 saturated carbocycles. The fraction of sp³-hybridized carbons (Fsp3) is 0.682. The molecule has 0 atom stereocenters. The van der Waals surface area contributed by atoms with Gasteiger partial charge in [0.2, 0.25) is 0 Å². The number of amides is 1. The van der Waals surface area contributed by atoms with E-state index >= 15 is 0 Å².